The summed E-state index contributed by atoms with van der Waals surface area (Å²) >= 11 is 3.37. The molecule has 0 spiro atoms. The number of terminal acetylenes is 1. The molecule has 0 N–H and O–H groups in total. The van der Waals surface area contributed by atoms with Crippen molar-refractivity contribution in [1.29, 1.82) is 0 Å². The molecule has 0 aliphatic rings. The largest absolute Gasteiger partial charge is 0.236 e. The summed E-state index contributed by atoms with van der Waals surface area (Å²) in [4.78, 5) is 9.44. The Kier molecular flexibility index (Phi) is 10.9. The highest BCUT2D eigenvalue weighted by Gasteiger charge is 1.89. The fraction of sp³-hybridized carbons (Fsp3) is 0.778. The van der Waals surface area contributed by atoms with Gasteiger partial charge in [0.25, 0.3) is 0 Å². The predicted octanol–water partition coefficient (Wildman–Crippen LogP) is 2.52. The quantitative estimate of drug-likeness (QED) is 0.211. The van der Waals surface area contributed by atoms with Gasteiger partial charge in [0.1, 0.15) is 6.61 Å². The minimum Gasteiger partial charge on any atom is -0.236 e. The number of hydrogen-bond acceptors (Lipinski definition) is 2. The van der Waals surface area contributed by atoms with E-state index in [-0.39, 0.29) is 6.61 Å². The van der Waals surface area contributed by atoms with Gasteiger partial charge in [-0.25, -0.2) is 9.78 Å². The minimum atomic E-state index is 0.238. The Morgan fingerprint density at radius 2 is 1.83 bits per heavy atom. The number of halogens is 1. The van der Waals surface area contributed by atoms with E-state index in [1.54, 1.807) is 0 Å². The summed E-state index contributed by atoms with van der Waals surface area (Å²) in [6.07, 6.45) is 9.64. The monoisotopic (exact) mass is 234 g/mol. The lowest BCUT2D eigenvalue weighted by Crippen LogP contribution is -1.96. The minimum absolute atomic E-state index is 0.238. The molecule has 70 valence electrons. The van der Waals surface area contributed by atoms with Gasteiger partial charge in [0, 0.05) is 5.33 Å². The van der Waals surface area contributed by atoms with E-state index < -0.39 is 0 Å². The van der Waals surface area contributed by atoms with Crippen molar-refractivity contribution in [2.75, 3.05) is 18.5 Å². The van der Waals surface area contributed by atoms with Crippen molar-refractivity contribution >= 4 is 15.9 Å². The van der Waals surface area contributed by atoms with Gasteiger partial charge in [-0.05, 0) is 12.8 Å². The zero-order valence-electron chi connectivity index (χ0n) is 7.22. The van der Waals surface area contributed by atoms with Gasteiger partial charge < -0.3 is 0 Å². The van der Waals surface area contributed by atoms with E-state index >= 15 is 0 Å². The maximum atomic E-state index is 4.95. The zero-order chi connectivity index (χ0) is 9.07. The molecule has 3 heteroatoms. The second kappa shape index (κ2) is 11.0. The molecule has 12 heavy (non-hydrogen) atoms. The second-order valence-corrected chi connectivity index (χ2v) is 3.18. The highest BCUT2D eigenvalue weighted by Crippen LogP contribution is 2.01. The highest BCUT2D eigenvalue weighted by atomic mass is 79.9. The molecule has 0 heterocycles. The molecule has 0 saturated heterocycles. The van der Waals surface area contributed by atoms with Crippen LogP contribution in [0.15, 0.2) is 0 Å². The third-order valence-electron chi connectivity index (χ3n) is 1.34. The van der Waals surface area contributed by atoms with Crippen LogP contribution in [-0.4, -0.2) is 18.5 Å². The van der Waals surface area contributed by atoms with Crippen molar-refractivity contribution in [3.8, 4) is 12.3 Å². The van der Waals surface area contributed by atoms with Crippen LogP contribution in [0.25, 0.3) is 0 Å². The van der Waals surface area contributed by atoms with Crippen molar-refractivity contribution in [1.82, 2.24) is 0 Å². The van der Waals surface area contributed by atoms with Crippen LogP contribution < -0.4 is 0 Å². The van der Waals surface area contributed by atoms with Crippen LogP contribution in [0.4, 0.5) is 0 Å². The molecule has 0 aromatic heterocycles. The Labute approximate surface area is 82.7 Å². The molecule has 0 aliphatic carbocycles. The van der Waals surface area contributed by atoms with Crippen LogP contribution in [0.3, 0.4) is 0 Å². The van der Waals surface area contributed by atoms with Crippen LogP contribution in [-0.2, 0) is 9.78 Å². The first kappa shape index (κ1) is 12.0. The lowest BCUT2D eigenvalue weighted by Gasteiger charge is -2.00. The van der Waals surface area contributed by atoms with E-state index in [9.17, 15) is 0 Å². The van der Waals surface area contributed by atoms with Crippen molar-refractivity contribution in [2.24, 2.45) is 0 Å². The first-order chi connectivity index (χ1) is 5.91. The zero-order valence-corrected chi connectivity index (χ0v) is 8.81. The average Bonchev–Trinajstić information content (AvgIpc) is 2.10. The molecule has 0 bridgehead atoms. The molecule has 0 aliphatic heterocycles. The smallest absolute Gasteiger partial charge is 0.142 e. The van der Waals surface area contributed by atoms with Gasteiger partial charge in [-0.2, -0.15) is 0 Å². The van der Waals surface area contributed by atoms with E-state index in [2.05, 4.69) is 26.7 Å². The van der Waals surface area contributed by atoms with Crippen molar-refractivity contribution in [2.45, 2.75) is 25.7 Å². The maximum Gasteiger partial charge on any atom is 0.142 e. The van der Waals surface area contributed by atoms with E-state index in [0.29, 0.717) is 6.61 Å². The Hall–Kier alpha value is -0.0400. The van der Waals surface area contributed by atoms with E-state index in [1.165, 1.54) is 19.3 Å². The molecule has 0 aromatic carbocycles. The van der Waals surface area contributed by atoms with Crippen LogP contribution in [0, 0.1) is 12.3 Å². The van der Waals surface area contributed by atoms with Gasteiger partial charge >= 0.3 is 0 Å². The molecule has 0 radical (unpaired) electrons. The number of unbranched alkanes of at least 4 members (excludes halogenated alkanes) is 3. The van der Waals surface area contributed by atoms with Crippen LogP contribution in [0.1, 0.15) is 25.7 Å². The van der Waals surface area contributed by atoms with E-state index in [0.717, 1.165) is 11.8 Å². The third-order valence-corrected chi connectivity index (χ3v) is 1.90. The van der Waals surface area contributed by atoms with Gasteiger partial charge in [0.2, 0.25) is 0 Å². The molecule has 0 saturated carbocycles. The average molecular weight is 235 g/mol. The molecule has 0 fully saturated rings. The Bertz CT molecular complexity index is 120. The summed E-state index contributed by atoms with van der Waals surface area (Å²) < 4.78 is 0. The van der Waals surface area contributed by atoms with Crippen LogP contribution >= 0.6 is 15.9 Å². The second-order valence-electron chi connectivity index (χ2n) is 2.39. The lowest BCUT2D eigenvalue weighted by molar-refractivity contribution is -0.285. The van der Waals surface area contributed by atoms with Gasteiger partial charge in [-0.3, -0.25) is 0 Å². The molecule has 0 atom stereocenters. The first-order valence-electron chi connectivity index (χ1n) is 4.15. The van der Waals surface area contributed by atoms with Crippen LogP contribution in [0.5, 0.6) is 0 Å². The van der Waals surface area contributed by atoms with Crippen molar-refractivity contribution < 1.29 is 9.78 Å². The number of hydrogen-bond donors (Lipinski definition) is 0. The summed E-state index contributed by atoms with van der Waals surface area (Å²) in [5.41, 5.74) is 0. The van der Waals surface area contributed by atoms with E-state index in [4.69, 9.17) is 11.3 Å². The predicted molar refractivity (Wildman–Crippen MR) is 53.0 cm³/mol. The fourth-order valence-corrected chi connectivity index (χ4v) is 1.14. The lowest BCUT2D eigenvalue weighted by atomic mass is 10.2. The van der Waals surface area contributed by atoms with Crippen molar-refractivity contribution in [3.63, 3.8) is 0 Å². The normalized spacial score (nSPS) is 9.67. The first-order valence-corrected chi connectivity index (χ1v) is 5.27. The van der Waals surface area contributed by atoms with Crippen LogP contribution in [0.2, 0.25) is 0 Å². The van der Waals surface area contributed by atoms with Gasteiger partial charge in [0.05, 0.1) is 6.61 Å². The van der Waals surface area contributed by atoms with Gasteiger partial charge in [-0.15, -0.1) is 6.42 Å². The van der Waals surface area contributed by atoms with E-state index in [1.807, 2.05) is 0 Å². The summed E-state index contributed by atoms with van der Waals surface area (Å²) in [6, 6.07) is 0. The number of alkyl halides is 1. The molecular weight excluding hydrogens is 220 g/mol. The summed E-state index contributed by atoms with van der Waals surface area (Å²) in [6.45, 7) is 0.880. The Morgan fingerprint density at radius 3 is 2.50 bits per heavy atom. The fourth-order valence-electron chi connectivity index (χ4n) is 0.744. The Balaban J connectivity index is 2.78. The molecule has 0 amide bonds. The van der Waals surface area contributed by atoms with Gasteiger partial charge in [-0.1, -0.05) is 34.7 Å². The standard InChI is InChI=1S/C9H15BrO2/c1-2-8-11-12-9-6-4-3-5-7-10/h1H,3-9H2. The number of rotatable bonds is 8. The summed E-state index contributed by atoms with van der Waals surface area (Å²) in [5, 5.41) is 1.08. The molecular formula is C9H15BrO2. The molecule has 0 unspecified atom stereocenters. The maximum absolute atomic E-state index is 4.95. The third kappa shape index (κ3) is 9.96. The SMILES string of the molecule is C#CCOOCCCCCCBr. The molecule has 0 aromatic rings. The summed E-state index contributed by atoms with van der Waals surface area (Å²) in [5.74, 6) is 2.33. The summed E-state index contributed by atoms with van der Waals surface area (Å²) in [7, 11) is 0. The van der Waals surface area contributed by atoms with Crippen molar-refractivity contribution in [3.05, 3.63) is 0 Å². The highest BCUT2D eigenvalue weighted by molar-refractivity contribution is 9.09. The topological polar surface area (TPSA) is 18.5 Å². The van der Waals surface area contributed by atoms with Gasteiger partial charge in [0.15, 0.2) is 0 Å². The Morgan fingerprint density at radius 1 is 1.08 bits per heavy atom. The molecule has 2 nitrogen and oxygen atoms in total. The molecule has 0 rings (SSSR count).